The van der Waals surface area contributed by atoms with E-state index in [1.807, 2.05) is 19.1 Å². The number of fused-ring (bicyclic) bond motifs is 1. The smallest absolute Gasteiger partial charge is 0.255 e. The molecule has 23 heavy (non-hydrogen) atoms. The van der Waals surface area contributed by atoms with Crippen LogP contribution in [0.2, 0.25) is 0 Å². The van der Waals surface area contributed by atoms with Crippen molar-refractivity contribution < 1.29 is 0 Å². The third kappa shape index (κ3) is 2.97. The van der Waals surface area contributed by atoms with Gasteiger partial charge in [0.1, 0.15) is 0 Å². The molecule has 0 aromatic carbocycles. The molecule has 1 aliphatic heterocycles. The van der Waals surface area contributed by atoms with Crippen LogP contribution in [0.4, 0.5) is 5.69 Å². The molecule has 0 amide bonds. The average molecular weight is 311 g/mol. The number of amidine groups is 1. The Kier molecular flexibility index (Phi) is 4.14. The van der Waals surface area contributed by atoms with E-state index in [0.717, 1.165) is 42.0 Å². The fourth-order valence-electron chi connectivity index (χ4n) is 3.10. The summed E-state index contributed by atoms with van der Waals surface area (Å²) >= 11 is 0. The second kappa shape index (κ2) is 6.24. The number of nitrogens with zero attached hydrogens (tertiary/aromatic N) is 3. The summed E-state index contributed by atoms with van der Waals surface area (Å²) in [5.74, 6) is 0.188. The summed E-state index contributed by atoms with van der Waals surface area (Å²) in [4.78, 5) is 18.9. The van der Waals surface area contributed by atoms with Gasteiger partial charge in [0, 0.05) is 37.5 Å². The van der Waals surface area contributed by atoms with Gasteiger partial charge in [-0.15, -0.1) is 0 Å². The molecule has 2 aromatic rings. The summed E-state index contributed by atoms with van der Waals surface area (Å²) in [6, 6.07) is 5.41. The van der Waals surface area contributed by atoms with Crippen molar-refractivity contribution in [3.05, 3.63) is 52.2 Å². The van der Waals surface area contributed by atoms with Gasteiger partial charge in [0.15, 0.2) is 0 Å². The maximum absolute atomic E-state index is 12.5. The number of nitrogens with one attached hydrogen (secondary N) is 1. The van der Waals surface area contributed by atoms with Crippen LogP contribution in [-0.4, -0.2) is 28.5 Å². The molecular formula is C17H21N5O. The Morgan fingerprint density at radius 3 is 2.91 bits per heavy atom. The number of anilines is 1. The van der Waals surface area contributed by atoms with Gasteiger partial charge < -0.3 is 10.6 Å². The average Bonchev–Trinajstić information content (AvgIpc) is 2.53. The molecule has 0 aliphatic carbocycles. The number of pyridine rings is 2. The van der Waals surface area contributed by atoms with Gasteiger partial charge >= 0.3 is 0 Å². The molecule has 6 heteroatoms. The van der Waals surface area contributed by atoms with E-state index in [-0.39, 0.29) is 11.4 Å². The second-order valence-electron chi connectivity index (χ2n) is 5.87. The van der Waals surface area contributed by atoms with Crippen molar-refractivity contribution in [2.24, 2.45) is 5.73 Å². The molecule has 3 heterocycles. The van der Waals surface area contributed by atoms with E-state index >= 15 is 0 Å². The molecule has 0 bridgehead atoms. The lowest BCUT2D eigenvalue weighted by molar-refractivity contribution is 0.661. The highest BCUT2D eigenvalue weighted by Gasteiger charge is 2.21. The predicted molar refractivity (Wildman–Crippen MR) is 91.6 cm³/mol. The first-order valence-electron chi connectivity index (χ1n) is 7.81. The van der Waals surface area contributed by atoms with Crippen LogP contribution in [0.15, 0.2) is 35.4 Å². The Balaban J connectivity index is 2.09. The fraction of sp³-hybridized carbons (Fsp3) is 0.353. The van der Waals surface area contributed by atoms with Gasteiger partial charge in [-0.1, -0.05) is 0 Å². The highest BCUT2D eigenvalue weighted by molar-refractivity contribution is 5.77. The normalized spacial score (nSPS) is 13.7. The molecular weight excluding hydrogens is 290 g/mol. The lowest BCUT2D eigenvalue weighted by Gasteiger charge is -2.32. The van der Waals surface area contributed by atoms with Crippen LogP contribution in [0.5, 0.6) is 0 Å². The van der Waals surface area contributed by atoms with E-state index in [4.69, 9.17) is 11.1 Å². The number of rotatable bonds is 4. The Morgan fingerprint density at radius 2 is 2.17 bits per heavy atom. The summed E-state index contributed by atoms with van der Waals surface area (Å²) < 4.78 is 1.78. The Hall–Kier alpha value is -2.63. The van der Waals surface area contributed by atoms with Crippen molar-refractivity contribution in [3.63, 3.8) is 0 Å². The minimum Gasteiger partial charge on any atom is -0.388 e. The second-order valence-corrected chi connectivity index (χ2v) is 5.87. The number of hydrogen-bond donors (Lipinski definition) is 2. The van der Waals surface area contributed by atoms with Gasteiger partial charge in [0.05, 0.1) is 23.4 Å². The van der Waals surface area contributed by atoms with Crippen LogP contribution < -0.4 is 16.2 Å². The third-order valence-electron chi connectivity index (χ3n) is 4.26. The van der Waals surface area contributed by atoms with Crippen molar-refractivity contribution in [1.29, 1.82) is 5.41 Å². The molecule has 6 nitrogen and oxygen atoms in total. The lowest BCUT2D eigenvalue weighted by atomic mass is 10.1. The number of nitrogens with two attached hydrogens (primary N) is 1. The first-order valence-corrected chi connectivity index (χ1v) is 7.81. The van der Waals surface area contributed by atoms with E-state index in [2.05, 4.69) is 9.88 Å². The third-order valence-corrected chi connectivity index (χ3v) is 4.26. The summed E-state index contributed by atoms with van der Waals surface area (Å²) in [6.07, 6.45) is 5.85. The lowest BCUT2D eigenvalue weighted by Crippen LogP contribution is -2.36. The molecule has 0 spiro atoms. The zero-order chi connectivity index (χ0) is 16.4. The standard InChI is InChI=1S/C17H21N5O/c1-12-6-8-20-11-15(12)22-14-3-2-9-21(10-7-16(18)19)13(14)4-5-17(22)23/h4-6,8,11H,2-3,7,9-10H2,1H3,(H3,18,19). The molecule has 2 aromatic heterocycles. The fourth-order valence-corrected chi connectivity index (χ4v) is 3.10. The van der Waals surface area contributed by atoms with Crippen LogP contribution in [0.3, 0.4) is 0 Å². The quantitative estimate of drug-likeness (QED) is 0.663. The highest BCUT2D eigenvalue weighted by atomic mass is 16.1. The molecule has 0 unspecified atom stereocenters. The van der Waals surface area contributed by atoms with Crippen molar-refractivity contribution in [1.82, 2.24) is 9.55 Å². The zero-order valence-corrected chi connectivity index (χ0v) is 13.2. The molecule has 0 radical (unpaired) electrons. The largest absolute Gasteiger partial charge is 0.388 e. The number of hydrogen-bond acceptors (Lipinski definition) is 4. The topological polar surface area (TPSA) is 88.0 Å². The van der Waals surface area contributed by atoms with Crippen LogP contribution in [0.25, 0.3) is 5.69 Å². The van der Waals surface area contributed by atoms with E-state index in [9.17, 15) is 4.79 Å². The molecule has 3 rings (SSSR count). The van der Waals surface area contributed by atoms with Crippen molar-refractivity contribution in [2.75, 3.05) is 18.0 Å². The SMILES string of the molecule is Cc1ccncc1-n1c2c(ccc1=O)N(CCC(=N)N)CCC2. The van der Waals surface area contributed by atoms with Gasteiger partial charge in [0.25, 0.3) is 5.56 Å². The Labute approximate surface area is 135 Å². The maximum atomic E-state index is 12.5. The molecule has 0 fully saturated rings. The Bertz CT molecular complexity index is 796. The molecule has 0 saturated heterocycles. The maximum Gasteiger partial charge on any atom is 0.255 e. The summed E-state index contributed by atoms with van der Waals surface area (Å²) in [5.41, 5.74) is 9.39. The molecule has 3 N–H and O–H groups in total. The molecule has 1 aliphatic rings. The predicted octanol–water partition coefficient (Wildman–Crippen LogP) is 1.62. The minimum atomic E-state index is -0.0340. The zero-order valence-electron chi connectivity index (χ0n) is 13.2. The van der Waals surface area contributed by atoms with Gasteiger partial charge in [0.2, 0.25) is 0 Å². The van der Waals surface area contributed by atoms with Gasteiger partial charge in [-0.3, -0.25) is 19.8 Å². The highest BCUT2D eigenvalue weighted by Crippen LogP contribution is 2.28. The molecule has 0 atom stereocenters. The van der Waals surface area contributed by atoms with E-state index < -0.39 is 0 Å². The van der Waals surface area contributed by atoms with Crippen LogP contribution in [0.1, 0.15) is 24.1 Å². The minimum absolute atomic E-state index is 0.0340. The number of aromatic nitrogens is 2. The van der Waals surface area contributed by atoms with Crippen molar-refractivity contribution in [3.8, 4) is 5.69 Å². The monoisotopic (exact) mass is 311 g/mol. The van der Waals surface area contributed by atoms with Crippen LogP contribution >= 0.6 is 0 Å². The Morgan fingerprint density at radius 1 is 1.35 bits per heavy atom. The number of aryl methyl sites for hydroxylation is 1. The van der Waals surface area contributed by atoms with Gasteiger partial charge in [-0.25, -0.2) is 0 Å². The van der Waals surface area contributed by atoms with Gasteiger partial charge in [-0.2, -0.15) is 0 Å². The summed E-state index contributed by atoms with van der Waals surface area (Å²) in [7, 11) is 0. The van der Waals surface area contributed by atoms with E-state index in [1.165, 1.54) is 0 Å². The molecule has 0 saturated carbocycles. The van der Waals surface area contributed by atoms with Crippen molar-refractivity contribution >= 4 is 11.5 Å². The first kappa shape index (κ1) is 15.3. The van der Waals surface area contributed by atoms with Crippen LogP contribution in [-0.2, 0) is 6.42 Å². The van der Waals surface area contributed by atoms with Crippen LogP contribution in [0, 0.1) is 12.3 Å². The van der Waals surface area contributed by atoms with Gasteiger partial charge in [-0.05, 0) is 37.5 Å². The molecule has 120 valence electrons. The first-order chi connectivity index (χ1) is 11.1. The van der Waals surface area contributed by atoms with E-state index in [0.29, 0.717) is 13.0 Å². The van der Waals surface area contributed by atoms with E-state index in [1.54, 1.807) is 23.0 Å². The summed E-state index contributed by atoms with van der Waals surface area (Å²) in [5, 5.41) is 7.42. The van der Waals surface area contributed by atoms with Crippen molar-refractivity contribution in [2.45, 2.75) is 26.2 Å². The summed E-state index contributed by atoms with van der Waals surface area (Å²) in [6.45, 7) is 3.61.